The highest BCUT2D eigenvalue weighted by Gasteiger charge is 1.91. The van der Waals surface area contributed by atoms with E-state index < -0.39 is 0 Å². The zero-order valence-electron chi connectivity index (χ0n) is 12.3. The standard InChI is InChI=1S/C8H19N.C5H13NO/c1-4-6-7-8-9(3)5-2;1-6(2)4-5-7-3/h4-8H2,1-3H3;4-5H2,1-3H3. The third kappa shape index (κ3) is 19.5. The summed E-state index contributed by atoms with van der Waals surface area (Å²) >= 11 is 0. The lowest BCUT2D eigenvalue weighted by molar-refractivity contribution is 0.172. The number of methoxy groups -OCH3 is 1. The highest BCUT2D eigenvalue weighted by atomic mass is 16.5. The molecule has 0 atom stereocenters. The monoisotopic (exact) mass is 232 g/mol. The van der Waals surface area contributed by atoms with Crippen LogP contribution in [0, 0.1) is 0 Å². The predicted molar refractivity (Wildman–Crippen MR) is 73.1 cm³/mol. The number of nitrogens with zero attached hydrogens (tertiary/aromatic N) is 2. The molecule has 0 saturated heterocycles. The van der Waals surface area contributed by atoms with E-state index >= 15 is 0 Å². The average molecular weight is 232 g/mol. The van der Waals surface area contributed by atoms with Gasteiger partial charge in [-0.3, -0.25) is 0 Å². The summed E-state index contributed by atoms with van der Waals surface area (Å²) in [6.07, 6.45) is 4.07. The van der Waals surface area contributed by atoms with Crippen molar-refractivity contribution in [3.05, 3.63) is 0 Å². The second kappa shape index (κ2) is 14.9. The van der Waals surface area contributed by atoms with Crippen molar-refractivity contribution in [2.45, 2.75) is 33.1 Å². The van der Waals surface area contributed by atoms with Crippen molar-refractivity contribution in [1.29, 1.82) is 0 Å². The Hall–Kier alpha value is -0.120. The first-order valence-corrected chi connectivity index (χ1v) is 6.40. The van der Waals surface area contributed by atoms with Crippen molar-refractivity contribution in [2.24, 2.45) is 0 Å². The second-order valence-corrected chi connectivity index (χ2v) is 4.40. The van der Waals surface area contributed by atoms with Crippen LogP contribution in [0.3, 0.4) is 0 Å². The molecule has 0 aromatic carbocycles. The SMILES string of the molecule is CCCCCN(C)CC.COCCN(C)C. The van der Waals surface area contributed by atoms with Gasteiger partial charge in [0.2, 0.25) is 0 Å². The summed E-state index contributed by atoms with van der Waals surface area (Å²) in [6, 6.07) is 0. The van der Waals surface area contributed by atoms with E-state index in [9.17, 15) is 0 Å². The van der Waals surface area contributed by atoms with Crippen molar-refractivity contribution >= 4 is 0 Å². The molecule has 16 heavy (non-hydrogen) atoms. The van der Waals surface area contributed by atoms with Gasteiger partial charge in [0, 0.05) is 13.7 Å². The van der Waals surface area contributed by atoms with Crippen LogP contribution in [0.2, 0.25) is 0 Å². The van der Waals surface area contributed by atoms with Crippen LogP contribution in [-0.2, 0) is 4.74 Å². The molecule has 0 rings (SSSR count). The number of unbranched alkanes of at least 4 members (excludes halogenated alkanes) is 2. The number of likely N-dealkylation sites (N-methyl/N-ethyl adjacent to an activating group) is 1. The second-order valence-electron chi connectivity index (χ2n) is 4.40. The van der Waals surface area contributed by atoms with E-state index in [-0.39, 0.29) is 0 Å². The van der Waals surface area contributed by atoms with Gasteiger partial charge in [-0.1, -0.05) is 26.7 Å². The van der Waals surface area contributed by atoms with Crippen LogP contribution in [0.15, 0.2) is 0 Å². The van der Waals surface area contributed by atoms with Gasteiger partial charge in [0.15, 0.2) is 0 Å². The predicted octanol–water partition coefficient (Wildman–Crippen LogP) is 2.32. The molecule has 0 unspecified atom stereocenters. The maximum absolute atomic E-state index is 4.81. The van der Waals surface area contributed by atoms with Crippen molar-refractivity contribution in [3.8, 4) is 0 Å². The fourth-order valence-electron chi connectivity index (χ4n) is 1.06. The molecule has 0 aliphatic carbocycles. The fourth-order valence-corrected chi connectivity index (χ4v) is 1.06. The average Bonchev–Trinajstić information content (AvgIpc) is 2.27. The number of hydrogen-bond donors (Lipinski definition) is 0. The third-order valence-electron chi connectivity index (χ3n) is 2.43. The van der Waals surface area contributed by atoms with Crippen molar-refractivity contribution in [3.63, 3.8) is 0 Å². The minimum atomic E-state index is 0.826. The fraction of sp³-hybridized carbons (Fsp3) is 1.00. The molecule has 3 nitrogen and oxygen atoms in total. The Morgan fingerprint density at radius 1 is 0.938 bits per heavy atom. The van der Waals surface area contributed by atoms with Gasteiger partial charge >= 0.3 is 0 Å². The van der Waals surface area contributed by atoms with E-state index in [1.807, 2.05) is 14.1 Å². The zero-order valence-corrected chi connectivity index (χ0v) is 12.3. The van der Waals surface area contributed by atoms with Crippen molar-refractivity contribution in [2.75, 3.05) is 54.5 Å². The van der Waals surface area contributed by atoms with Crippen molar-refractivity contribution in [1.82, 2.24) is 9.80 Å². The van der Waals surface area contributed by atoms with Gasteiger partial charge < -0.3 is 14.5 Å². The molecule has 0 heterocycles. The normalized spacial score (nSPS) is 10.5. The molecule has 0 spiro atoms. The highest BCUT2D eigenvalue weighted by molar-refractivity contribution is 4.46. The molecular formula is C13H32N2O. The van der Waals surface area contributed by atoms with E-state index in [0.29, 0.717) is 0 Å². The molecule has 0 aliphatic rings. The summed E-state index contributed by atoms with van der Waals surface area (Å²) in [5.74, 6) is 0. The minimum Gasteiger partial charge on any atom is -0.383 e. The molecule has 0 aromatic rings. The topological polar surface area (TPSA) is 15.7 Å². The van der Waals surface area contributed by atoms with Crippen LogP contribution >= 0.6 is 0 Å². The Morgan fingerprint density at radius 2 is 1.56 bits per heavy atom. The molecule has 100 valence electrons. The van der Waals surface area contributed by atoms with Crippen LogP contribution in [0.1, 0.15) is 33.1 Å². The molecule has 0 N–H and O–H groups in total. The molecule has 0 amide bonds. The van der Waals surface area contributed by atoms with E-state index in [2.05, 4.69) is 30.7 Å². The Labute approximate surface area is 103 Å². The van der Waals surface area contributed by atoms with E-state index in [0.717, 1.165) is 13.2 Å². The molecule has 0 bridgehead atoms. The third-order valence-corrected chi connectivity index (χ3v) is 2.43. The van der Waals surface area contributed by atoms with Gasteiger partial charge in [-0.05, 0) is 40.7 Å². The highest BCUT2D eigenvalue weighted by Crippen LogP contribution is 1.94. The molecule has 0 aliphatic heterocycles. The molecule has 0 saturated carbocycles. The van der Waals surface area contributed by atoms with Gasteiger partial charge in [-0.25, -0.2) is 0 Å². The van der Waals surface area contributed by atoms with Crippen LogP contribution in [0.4, 0.5) is 0 Å². The van der Waals surface area contributed by atoms with Crippen LogP contribution in [0.25, 0.3) is 0 Å². The molecule has 0 aromatic heterocycles. The quantitative estimate of drug-likeness (QED) is 0.597. The van der Waals surface area contributed by atoms with Crippen LogP contribution < -0.4 is 0 Å². The smallest absolute Gasteiger partial charge is 0.0589 e. The van der Waals surface area contributed by atoms with E-state index in [1.165, 1.54) is 32.4 Å². The number of rotatable bonds is 8. The summed E-state index contributed by atoms with van der Waals surface area (Å²) in [4.78, 5) is 4.44. The van der Waals surface area contributed by atoms with Gasteiger partial charge in [0.1, 0.15) is 0 Å². The van der Waals surface area contributed by atoms with Crippen LogP contribution in [0.5, 0.6) is 0 Å². The molecule has 0 radical (unpaired) electrons. The first kappa shape index (κ1) is 18.3. The molecule has 0 fully saturated rings. The number of hydrogen-bond acceptors (Lipinski definition) is 3. The zero-order chi connectivity index (χ0) is 12.8. The largest absolute Gasteiger partial charge is 0.383 e. The van der Waals surface area contributed by atoms with Gasteiger partial charge in [-0.15, -0.1) is 0 Å². The summed E-state index contributed by atoms with van der Waals surface area (Å²) in [5, 5.41) is 0. The lowest BCUT2D eigenvalue weighted by atomic mass is 10.2. The Morgan fingerprint density at radius 3 is 1.88 bits per heavy atom. The summed E-state index contributed by atoms with van der Waals surface area (Å²) < 4.78 is 4.81. The molecule has 3 heteroatoms. The summed E-state index contributed by atoms with van der Waals surface area (Å²) in [7, 11) is 7.94. The van der Waals surface area contributed by atoms with Gasteiger partial charge in [-0.2, -0.15) is 0 Å². The van der Waals surface area contributed by atoms with Gasteiger partial charge in [0.25, 0.3) is 0 Å². The summed E-state index contributed by atoms with van der Waals surface area (Å²) in [5.41, 5.74) is 0. The van der Waals surface area contributed by atoms with Gasteiger partial charge in [0.05, 0.1) is 6.61 Å². The molecular weight excluding hydrogens is 200 g/mol. The van der Waals surface area contributed by atoms with Crippen molar-refractivity contribution < 1.29 is 4.74 Å². The Kier molecular flexibility index (Phi) is 17.0. The minimum absolute atomic E-state index is 0.826. The first-order valence-electron chi connectivity index (χ1n) is 6.40. The maximum Gasteiger partial charge on any atom is 0.0589 e. The number of ether oxygens (including phenoxy) is 1. The van der Waals surface area contributed by atoms with Crippen LogP contribution in [-0.4, -0.2) is 64.3 Å². The lowest BCUT2D eigenvalue weighted by Crippen LogP contribution is -2.18. The lowest BCUT2D eigenvalue weighted by Gasteiger charge is -2.12. The van der Waals surface area contributed by atoms with E-state index in [1.54, 1.807) is 7.11 Å². The van der Waals surface area contributed by atoms with E-state index in [4.69, 9.17) is 4.74 Å². The Balaban J connectivity index is 0. The summed E-state index contributed by atoms with van der Waals surface area (Å²) in [6.45, 7) is 8.73. The maximum atomic E-state index is 4.81. The Bertz CT molecular complexity index is 119. The first-order chi connectivity index (χ1) is 7.58.